The van der Waals surface area contributed by atoms with Crippen molar-refractivity contribution in [1.29, 1.82) is 0 Å². The standard InChI is InChI=1S/C11H12ClN5O2/c1-7-9(12)6-16(15-7)5-8-3-2-4-10(17(18)19)11(8)14-13/h2-4,6,14H,5,13H2,1H3. The molecule has 1 aromatic heterocycles. The average Bonchev–Trinajstić information content (AvgIpc) is 2.67. The molecule has 7 nitrogen and oxygen atoms in total. The van der Waals surface area contributed by atoms with Crippen LogP contribution in [0.1, 0.15) is 11.3 Å². The molecule has 0 amide bonds. The molecule has 0 atom stereocenters. The Kier molecular flexibility index (Phi) is 3.68. The summed E-state index contributed by atoms with van der Waals surface area (Å²) in [5.74, 6) is 5.37. The summed E-state index contributed by atoms with van der Waals surface area (Å²) in [5.41, 5.74) is 3.94. The van der Waals surface area contributed by atoms with E-state index in [0.717, 1.165) is 0 Å². The Balaban J connectivity index is 2.39. The molecule has 0 saturated carbocycles. The number of benzene rings is 1. The average molecular weight is 282 g/mol. The van der Waals surface area contributed by atoms with Gasteiger partial charge in [-0.2, -0.15) is 5.10 Å². The molecular weight excluding hydrogens is 270 g/mol. The van der Waals surface area contributed by atoms with Gasteiger partial charge in [-0.05, 0) is 6.92 Å². The van der Waals surface area contributed by atoms with E-state index in [1.165, 1.54) is 6.07 Å². The highest BCUT2D eigenvalue weighted by molar-refractivity contribution is 6.31. The number of rotatable bonds is 4. The van der Waals surface area contributed by atoms with E-state index in [4.69, 9.17) is 17.4 Å². The number of nitrogens with one attached hydrogen (secondary N) is 1. The molecule has 0 fully saturated rings. The van der Waals surface area contributed by atoms with Gasteiger partial charge in [0.2, 0.25) is 0 Å². The molecule has 19 heavy (non-hydrogen) atoms. The van der Waals surface area contributed by atoms with Crippen molar-refractivity contribution in [2.45, 2.75) is 13.5 Å². The molecular formula is C11H12ClN5O2. The van der Waals surface area contributed by atoms with Crippen molar-refractivity contribution in [3.8, 4) is 0 Å². The summed E-state index contributed by atoms with van der Waals surface area (Å²) in [6, 6.07) is 4.74. The number of nitrogen functional groups attached to an aromatic ring is 1. The number of nitro benzene ring substituents is 1. The summed E-state index contributed by atoms with van der Waals surface area (Å²) in [6.45, 7) is 2.13. The van der Waals surface area contributed by atoms with E-state index in [9.17, 15) is 10.1 Å². The van der Waals surface area contributed by atoms with Crippen LogP contribution in [0.2, 0.25) is 5.02 Å². The fraction of sp³-hybridized carbons (Fsp3) is 0.182. The smallest absolute Gasteiger partial charge is 0.293 e. The minimum atomic E-state index is -0.486. The highest BCUT2D eigenvalue weighted by Crippen LogP contribution is 2.28. The predicted octanol–water partition coefficient (Wildman–Crippen LogP) is 2.09. The number of aryl methyl sites for hydroxylation is 1. The Hall–Kier alpha value is -2.12. The fourth-order valence-electron chi connectivity index (χ4n) is 1.79. The van der Waals surface area contributed by atoms with E-state index in [1.54, 1.807) is 29.9 Å². The third-order valence-electron chi connectivity index (χ3n) is 2.69. The number of nitrogens with zero attached hydrogens (tertiary/aromatic N) is 3. The zero-order valence-corrected chi connectivity index (χ0v) is 10.9. The Morgan fingerprint density at radius 1 is 1.58 bits per heavy atom. The number of nitro groups is 1. The monoisotopic (exact) mass is 281 g/mol. The van der Waals surface area contributed by atoms with Crippen molar-refractivity contribution in [3.63, 3.8) is 0 Å². The topological polar surface area (TPSA) is 99.0 Å². The molecule has 3 N–H and O–H groups in total. The number of aromatic nitrogens is 2. The highest BCUT2D eigenvalue weighted by Gasteiger charge is 2.17. The molecule has 0 aliphatic rings. The molecule has 2 aromatic rings. The molecule has 100 valence electrons. The van der Waals surface area contributed by atoms with E-state index in [1.807, 2.05) is 0 Å². The number of hydrazine groups is 1. The first kappa shape index (κ1) is 13.3. The lowest BCUT2D eigenvalue weighted by Crippen LogP contribution is -2.13. The molecule has 8 heteroatoms. The van der Waals surface area contributed by atoms with Gasteiger partial charge in [0.05, 0.1) is 22.2 Å². The Labute approximate surface area is 114 Å². The molecule has 0 radical (unpaired) electrons. The second-order valence-corrected chi connectivity index (χ2v) is 4.38. The van der Waals surface area contributed by atoms with Gasteiger partial charge in [0.15, 0.2) is 0 Å². The van der Waals surface area contributed by atoms with E-state index in [-0.39, 0.29) is 11.4 Å². The third kappa shape index (κ3) is 2.67. The summed E-state index contributed by atoms with van der Waals surface area (Å²) < 4.78 is 1.61. The molecule has 1 aromatic carbocycles. The molecule has 2 rings (SSSR count). The summed E-state index contributed by atoms with van der Waals surface area (Å²) in [4.78, 5) is 10.4. The zero-order chi connectivity index (χ0) is 14.0. The number of halogens is 1. The van der Waals surface area contributed by atoms with Gasteiger partial charge in [-0.3, -0.25) is 20.6 Å². The second-order valence-electron chi connectivity index (χ2n) is 3.97. The van der Waals surface area contributed by atoms with Crippen molar-refractivity contribution in [2.75, 3.05) is 5.43 Å². The molecule has 0 unspecified atom stereocenters. The van der Waals surface area contributed by atoms with E-state index >= 15 is 0 Å². The van der Waals surface area contributed by atoms with Gasteiger partial charge in [0.25, 0.3) is 5.69 Å². The van der Waals surface area contributed by atoms with Gasteiger partial charge in [0, 0.05) is 17.8 Å². The number of hydrogen-bond donors (Lipinski definition) is 2. The number of nitrogens with two attached hydrogens (primary N) is 1. The maximum absolute atomic E-state index is 10.9. The first-order chi connectivity index (χ1) is 9.02. The van der Waals surface area contributed by atoms with Crippen LogP contribution in [0.25, 0.3) is 0 Å². The van der Waals surface area contributed by atoms with Gasteiger partial charge in [0.1, 0.15) is 5.69 Å². The first-order valence-electron chi connectivity index (χ1n) is 5.45. The van der Waals surface area contributed by atoms with Gasteiger partial charge in [-0.15, -0.1) is 0 Å². The van der Waals surface area contributed by atoms with Crippen molar-refractivity contribution < 1.29 is 4.92 Å². The normalized spacial score (nSPS) is 10.5. The molecule has 0 aliphatic carbocycles. The van der Waals surface area contributed by atoms with Crippen LogP contribution in [0.5, 0.6) is 0 Å². The first-order valence-corrected chi connectivity index (χ1v) is 5.83. The molecule has 0 saturated heterocycles. The zero-order valence-electron chi connectivity index (χ0n) is 10.1. The van der Waals surface area contributed by atoms with Crippen molar-refractivity contribution in [2.24, 2.45) is 5.84 Å². The highest BCUT2D eigenvalue weighted by atomic mass is 35.5. The Bertz CT molecular complexity index is 606. The van der Waals surface area contributed by atoms with E-state index in [2.05, 4.69) is 10.5 Å². The lowest BCUT2D eigenvalue weighted by molar-refractivity contribution is -0.384. The Morgan fingerprint density at radius 3 is 2.84 bits per heavy atom. The summed E-state index contributed by atoms with van der Waals surface area (Å²) in [5, 5.41) is 15.7. The molecule has 0 bridgehead atoms. The van der Waals surface area contributed by atoms with Crippen LogP contribution in [-0.2, 0) is 6.54 Å². The van der Waals surface area contributed by atoms with Crippen LogP contribution in [-0.4, -0.2) is 14.7 Å². The summed E-state index contributed by atoms with van der Waals surface area (Å²) in [6.07, 6.45) is 1.66. The van der Waals surface area contributed by atoms with Crippen molar-refractivity contribution >= 4 is 23.0 Å². The van der Waals surface area contributed by atoms with Crippen LogP contribution in [0, 0.1) is 17.0 Å². The lowest BCUT2D eigenvalue weighted by Gasteiger charge is -2.09. The Morgan fingerprint density at radius 2 is 2.32 bits per heavy atom. The second kappa shape index (κ2) is 5.25. The maximum Gasteiger partial charge on any atom is 0.293 e. The summed E-state index contributed by atoms with van der Waals surface area (Å²) >= 11 is 5.92. The third-order valence-corrected chi connectivity index (χ3v) is 3.06. The fourth-order valence-corrected chi connectivity index (χ4v) is 1.94. The van der Waals surface area contributed by atoms with Gasteiger partial charge < -0.3 is 5.43 Å². The van der Waals surface area contributed by atoms with Gasteiger partial charge >= 0.3 is 0 Å². The van der Waals surface area contributed by atoms with Crippen LogP contribution in [0.4, 0.5) is 11.4 Å². The molecule has 0 aliphatic heterocycles. The minimum absolute atomic E-state index is 0.0741. The van der Waals surface area contributed by atoms with Gasteiger partial charge in [-0.1, -0.05) is 23.7 Å². The number of para-hydroxylation sites is 1. The van der Waals surface area contributed by atoms with Crippen LogP contribution in [0.15, 0.2) is 24.4 Å². The van der Waals surface area contributed by atoms with E-state index < -0.39 is 4.92 Å². The quantitative estimate of drug-likeness (QED) is 0.508. The largest absolute Gasteiger partial charge is 0.318 e. The minimum Gasteiger partial charge on any atom is -0.318 e. The predicted molar refractivity (Wildman–Crippen MR) is 72.0 cm³/mol. The molecule has 1 heterocycles. The lowest BCUT2D eigenvalue weighted by atomic mass is 10.1. The molecule has 0 spiro atoms. The van der Waals surface area contributed by atoms with Crippen LogP contribution >= 0.6 is 11.6 Å². The van der Waals surface area contributed by atoms with Crippen LogP contribution < -0.4 is 11.3 Å². The van der Waals surface area contributed by atoms with Crippen LogP contribution in [0.3, 0.4) is 0 Å². The van der Waals surface area contributed by atoms with E-state index in [0.29, 0.717) is 22.8 Å². The number of hydrogen-bond acceptors (Lipinski definition) is 5. The number of anilines is 1. The van der Waals surface area contributed by atoms with Crippen molar-refractivity contribution in [1.82, 2.24) is 9.78 Å². The van der Waals surface area contributed by atoms with Crippen molar-refractivity contribution in [3.05, 3.63) is 50.8 Å². The summed E-state index contributed by atoms with van der Waals surface area (Å²) in [7, 11) is 0. The maximum atomic E-state index is 10.9. The SMILES string of the molecule is Cc1nn(Cc2cccc([N+](=O)[O-])c2NN)cc1Cl. The van der Waals surface area contributed by atoms with Gasteiger partial charge in [-0.25, -0.2) is 0 Å².